The number of hydrogen-bond donors (Lipinski definition) is 1. The molecule has 1 amide bonds. The molecule has 1 aliphatic rings. The number of amides is 1. The SMILES string of the molecule is O=C(Nc1nc2ccccc2nc1N1CCCC1)c1ccc(Cl)cc1I. The van der Waals surface area contributed by atoms with Gasteiger partial charge in [-0.15, -0.1) is 0 Å². The van der Waals surface area contributed by atoms with Crippen molar-refractivity contribution in [2.24, 2.45) is 0 Å². The van der Waals surface area contributed by atoms with E-state index in [1.165, 1.54) is 0 Å². The summed E-state index contributed by atoms with van der Waals surface area (Å²) in [6.07, 6.45) is 2.24. The molecule has 1 N–H and O–H groups in total. The topological polar surface area (TPSA) is 58.1 Å². The molecule has 1 fully saturated rings. The van der Waals surface area contributed by atoms with Crippen LogP contribution in [0.1, 0.15) is 23.2 Å². The summed E-state index contributed by atoms with van der Waals surface area (Å²) in [6.45, 7) is 1.85. The van der Waals surface area contributed by atoms with E-state index in [-0.39, 0.29) is 5.91 Å². The molecule has 2 aromatic carbocycles. The van der Waals surface area contributed by atoms with Crippen LogP contribution in [0.3, 0.4) is 0 Å². The first-order chi connectivity index (χ1) is 12.6. The smallest absolute Gasteiger partial charge is 0.257 e. The number of para-hydroxylation sites is 2. The van der Waals surface area contributed by atoms with Gasteiger partial charge in [0.2, 0.25) is 0 Å². The molecule has 132 valence electrons. The van der Waals surface area contributed by atoms with E-state index in [1.807, 2.05) is 24.3 Å². The van der Waals surface area contributed by atoms with Gasteiger partial charge in [0.15, 0.2) is 11.6 Å². The van der Waals surface area contributed by atoms with Crippen molar-refractivity contribution in [2.45, 2.75) is 12.8 Å². The van der Waals surface area contributed by atoms with Crippen molar-refractivity contribution in [3.63, 3.8) is 0 Å². The van der Waals surface area contributed by atoms with Gasteiger partial charge in [0.25, 0.3) is 5.91 Å². The maximum absolute atomic E-state index is 12.8. The second kappa shape index (κ2) is 7.36. The molecule has 0 atom stereocenters. The molecule has 0 aliphatic carbocycles. The lowest BCUT2D eigenvalue weighted by molar-refractivity contribution is 0.102. The molecule has 0 bridgehead atoms. The summed E-state index contributed by atoms with van der Waals surface area (Å²) in [6, 6.07) is 12.9. The van der Waals surface area contributed by atoms with Crippen LogP contribution in [0.5, 0.6) is 0 Å². The van der Waals surface area contributed by atoms with Crippen molar-refractivity contribution in [1.29, 1.82) is 0 Å². The van der Waals surface area contributed by atoms with Crippen molar-refractivity contribution >= 4 is 62.8 Å². The number of carbonyl (C=O) groups is 1. The number of carbonyl (C=O) groups excluding carboxylic acids is 1. The highest BCUT2D eigenvalue weighted by Gasteiger charge is 2.21. The summed E-state index contributed by atoms with van der Waals surface area (Å²) in [5.41, 5.74) is 2.15. The molecule has 7 heteroatoms. The number of nitrogens with zero attached hydrogens (tertiary/aromatic N) is 3. The van der Waals surface area contributed by atoms with Gasteiger partial charge in [0, 0.05) is 21.7 Å². The van der Waals surface area contributed by atoms with Crippen molar-refractivity contribution < 1.29 is 4.79 Å². The molecular weight excluding hydrogens is 463 g/mol. The van der Waals surface area contributed by atoms with Gasteiger partial charge in [0.1, 0.15) is 0 Å². The molecule has 2 heterocycles. The molecule has 3 aromatic rings. The second-order valence-corrected chi connectivity index (χ2v) is 7.76. The summed E-state index contributed by atoms with van der Waals surface area (Å²) >= 11 is 8.11. The Bertz CT molecular complexity index is 988. The zero-order valence-corrected chi connectivity index (χ0v) is 16.8. The fraction of sp³-hybridized carbons (Fsp3) is 0.211. The number of halogens is 2. The highest BCUT2D eigenvalue weighted by molar-refractivity contribution is 14.1. The summed E-state index contributed by atoms with van der Waals surface area (Å²) in [5, 5.41) is 3.56. The number of aromatic nitrogens is 2. The average molecular weight is 479 g/mol. The normalized spacial score (nSPS) is 14.0. The van der Waals surface area contributed by atoms with Crippen LogP contribution in [-0.4, -0.2) is 29.0 Å². The summed E-state index contributed by atoms with van der Waals surface area (Å²) < 4.78 is 0.795. The van der Waals surface area contributed by atoms with Crippen molar-refractivity contribution in [3.8, 4) is 0 Å². The molecule has 5 nitrogen and oxygen atoms in total. The molecular formula is C19H16ClIN4O. The van der Waals surface area contributed by atoms with E-state index < -0.39 is 0 Å². The summed E-state index contributed by atoms with van der Waals surface area (Å²) in [5.74, 6) is 1.02. The number of rotatable bonds is 3. The quantitative estimate of drug-likeness (QED) is 0.553. The van der Waals surface area contributed by atoms with E-state index in [0.29, 0.717) is 16.4 Å². The van der Waals surface area contributed by atoms with Crippen LogP contribution in [0.25, 0.3) is 11.0 Å². The first-order valence-electron chi connectivity index (χ1n) is 8.40. The van der Waals surface area contributed by atoms with Gasteiger partial charge in [-0.2, -0.15) is 0 Å². The molecule has 0 unspecified atom stereocenters. The highest BCUT2D eigenvalue weighted by Crippen LogP contribution is 2.28. The minimum Gasteiger partial charge on any atom is -0.354 e. The van der Waals surface area contributed by atoms with Crippen molar-refractivity contribution in [3.05, 3.63) is 56.6 Å². The van der Waals surface area contributed by atoms with Gasteiger partial charge in [-0.05, 0) is 65.8 Å². The first kappa shape index (κ1) is 17.5. The number of anilines is 2. The van der Waals surface area contributed by atoms with Gasteiger partial charge in [0.05, 0.1) is 16.6 Å². The second-order valence-electron chi connectivity index (χ2n) is 6.16. The lowest BCUT2D eigenvalue weighted by Gasteiger charge is -2.20. The number of hydrogen-bond acceptors (Lipinski definition) is 4. The van der Waals surface area contributed by atoms with E-state index >= 15 is 0 Å². The Balaban J connectivity index is 1.74. The van der Waals surface area contributed by atoms with Crippen molar-refractivity contribution in [2.75, 3.05) is 23.3 Å². The zero-order chi connectivity index (χ0) is 18.1. The third kappa shape index (κ3) is 3.48. The third-order valence-electron chi connectivity index (χ3n) is 4.37. The third-order valence-corrected chi connectivity index (χ3v) is 5.49. The van der Waals surface area contributed by atoms with Crippen LogP contribution in [0.15, 0.2) is 42.5 Å². The van der Waals surface area contributed by atoms with E-state index in [0.717, 1.165) is 46.4 Å². The Morgan fingerprint density at radius 3 is 2.46 bits per heavy atom. The molecule has 0 saturated carbocycles. The summed E-state index contributed by atoms with van der Waals surface area (Å²) in [4.78, 5) is 24.4. The Kier molecular flexibility index (Phi) is 4.95. The monoisotopic (exact) mass is 478 g/mol. The van der Waals surface area contributed by atoms with Gasteiger partial charge >= 0.3 is 0 Å². The Hall–Kier alpha value is -1.93. The lowest BCUT2D eigenvalue weighted by atomic mass is 10.2. The van der Waals surface area contributed by atoms with Crippen LogP contribution in [0, 0.1) is 3.57 Å². The number of nitrogens with one attached hydrogen (secondary N) is 1. The van der Waals surface area contributed by atoms with E-state index in [9.17, 15) is 4.79 Å². The van der Waals surface area contributed by atoms with E-state index in [4.69, 9.17) is 16.6 Å². The average Bonchev–Trinajstić information content (AvgIpc) is 3.15. The first-order valence-corrected chi connectivity index (χ1v) is 9.85. The minimum absolute atomic E-state index is 0.212. The maximum atomic E-state index is 12.8. The van der Waals surface area contributed by atoms with Gasteiger partial charge in [-0.3, -0.25) is 4.79 Å². The highest BCUT2D eigenvalue weighted by atomic mass is 127. The molecule has 1 aliphatic heterocycles. The van der Waals surface area contributed by atoms with Crippen molar-refractivity contribution in [1.82, 2.24) is 9.97 Å². The standard InChI is InChI=1S/C19H16ClIN4O/c20-12-7-8-13(14(21)11-12)19(26)24-17-18(25-9-3-4-10-25)23-16-6-2-1-5-15(16)22-17/h1-2,5-8,11H,3-4,9-10H2,(H,22,24,26). The predicted octanol–water partition coefficient (Wildman–Crippen LogP) is 4.74. The fourth-order valence-electron chi connectivity index (χ4n) is 3.07. The van der Waals surface area contributed by atoms with Crippen LogP contribution >= 0.6 is 34.2 Å². The molecule has 4 rings (SSSR count). The zero-order valence-electron chi connectivity index (χ0n) is 13.9. The van der Waals surface area contributed by atoms with E-state index in [2.05, 4.69) is 37.8 Å². The molecule has 1 saturated heterocycles. The van der Waals surface area contributed by atoms with Gasteiger partial charge in [-0.25, -0.2) is 9.97 Å². The predicted molar refractivity (Wildman–Crippen MR) is 113 cm³/mol. The van der Waals surface area contributed by atoms with Crippen LogP contribution in [0.4, 0.5) is 11.6 Å². The minimum atomic E-state index is -0.212. The van der Waals surface area contributed by atoms with Crippen LogP contribution in [-0.2, 0) is 0 Å². The van der Waals surface area contributed by atoms with Gasteiger partial charge in [-0.1, -0.05) is 23.7 Å². The molecule has 0 spiro atoms. The van der Waals surface area contributed by atoms with E-state index in [1.54, 1.807) is 18.2 Å². The molecule has 1 aromatic heterocycles. The molecule has 26 heavy (non-hydrogen) atoms. The Morgan fingerprint density at radius 1 is 1.08 bits per heavy atom. The largest absolute Gasteiger partial charge is 0.354 e. The fourth-order valence-corrected chi connectivity index (χ4v) is 4.19. The Morgan fingerprint density at radius 2 is 1.77 bits per heavy atom. The molecule has 0 radical (unpaired) electrons. The van der Waals surface area contributed by atoms with Crippen LogP contribution < -0.4 is 10.2 Å². The lowest BCUT2D eigenvalue weighted by Crippen LogP contribution is -2.23. The summed E-state index contributed by atoms with van der Waals surface area (Å²) in [7, 11) is 0. The van der Waals surface area contributed by atoms with Gasteiger partial charge < -0.3 is 10.2 Å². The maximum Gasteiger partial charge on any atom is 0.257 e. The number of benzene rings is 2. The van der Waals surface area contributed by atoms with Crippen LogP contribution in [0.2, 0.25) is 5.02 Å². The Labute approximate surface area is 169 Å². The number of fused-ring (bicyclic) bond motifs is 1.